The highest BCUT2D eigenvalue weighted by Crippen LogP contribution is 2.39. The molecule has 0 spiro atoms. The van der Waals surface area contributed by atoms with E-state index in [0.29, 0.717) is 22.1 Å². The molecule has 1 rings (SSSR count). The van der Waals surface area contributed by atoms with Crippen LogP contribution in [-0.4, -0.2) is 22.9 Å². The summed E-state index contributed by atoms with van der Waals surface area (Å²) >= 11 is 5.80. The minimum absolute atomic E-state index is 0.0689. The highest BCUT2D eigenvalue weighted by molar-refractivity contribution is 14.1. The molecule has 0 heterocycles. The number of carboxylic acids is 1. The number of nitrogens with one attached hydrogen (secondary N) is 2. The van der Waals surface area contributed by atoms with E-state index in [9.17, 15) is 19.5 Å². The zero-order valence-electron chi connectivity index (χ0n) is 11.7. The van der Waals surface area contributed by atoms with E-state index >= 15 is 0 Å². The Morgan fingerprint density at radius 1 is 0.864 bits per heavy atom. The molecular weight excluding hydrogens is 629 g/mol. The Morgan fingerprint density at radius 2 is 1.23 bits per heavy atom. The first-order valence-corrected chi connectivity index (χ1v) is 9.51. The van der Waals surface area contributed by atoms with E-state index in [0.717, 1.165) is 0 Å². The zero-order valence-corrected chi connectivity index (χ0v) is 18.2. The number of carbonyl (C=O) groups excluding carboxylic acids is 2. The van der Waals surface area contributed by atoms with E-state index in [1.54, 1.807) is 13.8 Å². The van der Waals surface area contributed by atoms with Gasteiger partial charge in [0, 0.05) is 12.8 Å². The predicted molar refractivity (Wildman–Crippen MR) is 109 cm³/mol. The minimum Gasteiger partial charge on any atom is -0.478 e. The maximum Gasteiger partial charge on any atom is 0.338 e. The summed E-state index contributed by atoms with van der Waals surface area (Å²) in [6.07, 6.45) is 0.550. The third-order valence-corrected chi connectivity index (χ3v) is 5.94. The van der Waals surface area contributed by atoms with E-state index in [1.807, 2.05) is 67.8 Å². The number of aromatic carboxylic acids is 1. The summed E-state index contributed by atoms with van der Waals surface area (Å²) in [7, 11) is 0. The van der Waals surface area contributed by atoms with Crippen molar-refractivity contribution in [2.24, 2.45) is 0 Å². The van der Waals surface area contributed by atoms with Crippen molar-refractivity contribution >= 4 is 96.9 Å². The van der Waals surface area contributed by atoms with Gasteiger partial charge >= 0.3 is 5.97 Å². The average molecular weight is 642 g/mol. The molecule has 0 atom stereocenters. The third kappa shape index (κ3) is 4.43. The lowest BCUT2D eigenvalue weighted by molar-refractivity contribution is -0.116. The van der Waals surface area contributed by atoms with Crippen molar-refractivity contribution in [3.63, 3.8) is 0 Å². The van der Waals surface area contributed by atoms with Gasteiger partial charge in [0.25, 0.3) is 0 Å². The van der Waals surface area contributed by atoms with Crippen LogP contribution in [0.15, 0.2) is 0 Å². The molecule has 0 saturated carbocycles. The molecule has 22 heavy (non-hydrogen) atoms. The number of rotatable bonds is 5. The maximum atomic E-state index is 11.7. The number of hydrogen-bond donors (Lipinski definition) is 3. The van der Waals surface area contributed by atoms with Crippen LogP contribution in [-0.2, 0) is 9.59 Å². The van der Waals surface area contributed by atoms with Crippen LogP contribution in [0.4, 0.5) is 11.4 Å². The lowest BCUT2D eigenvalue weighted by Crippen LogP contribution is -2.19. The van der Waals surface area contributed by atoms with E-state index in [-0.39, 0.29) is 30.2 Å². The molecule has 6 nitrogen and oxygen atoms in total. The summed E-state index contributed by atoms with van der Waals surface area (Å²) in [6.45, 7) is 3.42. The Hall–Kier alpha value is -0.180. The number of carboxylic acid groups (broad SMARTS) is 1. The molecule has 0 bridgehead atoms. The summed E-state index contributed by atoms with van der Waals surface area (Å²) in [5.41, 5.74) is 0.897. The van der Waals surface area contributed by atoms with E-state index in [1.165, 1.54) is 0 Å². The summed E-state index contributed by atoms with van der Waals surface area (Å²) in [4.78, 5) is 34.9. The van der Waals surface area contributed by atoms with Gasteiger partial charge in [0.05, 0.1) is 27.6 Å². The van der Waals surface area contributed by atoms with Gasteiger partial charge in [-0.25, -0.2) is 4.79 Å². The topological polar surface area (TPSA) is 95.5 Å². The SMILES string of the molecule is CCC(=O)Nc1c(I)c(NC(=O)CC)c(I)c(C(=O)O)c1I. The van der Waals surface area contributed by atoms with Gasteiger partial charge in [0.1, 0.15) is 0 Å². The molecule has 1 aromatic carbocycles. The quantitative estimate of drug-likeness (QED) is 0.426. The first-order valence-electron chi connectivity index (χ1n) is 6.27. The lowest BCUT2D eigenvalue weighted by atomic mass is 10.1. The second-order valence-corrected chi connectivity index (χ2v) is 7.41. The summed E-state index contributed by atoms with van der Waals surface area (Å²) < 4.78 is 1.49. The van der Waals surface area contributed by atoms with Crippen molar-refractivity contribution in [3.8, 4) is 0 Å². The number of amides is 2. The fourth-order valence-corrected chi connectivity index (χ4v) is 5.69. The third-order valence-electron chi connectivity index (χ3n) is 2.70. The fourth-order valence-electron chi connectivity index (χ4n) is 1.53. The van der Waals surface area contributed by atoms with Crippen LogP contribution < -0.4 is 10.6 Å². The van der Waals surface area contributed by atoms with Crippen molar-refractivity contribution in [2.45, 2.75) is 26.7 Å². The normalized spacial score (nSPS) is 10.2. The summed E-state index contributed by atoms with van der Waals surface area (Å²) in [5.74, 6) is -1.55. The maximum absolute atomic E-state index is 11.7. The van der Waals surface area contributed by atoms with Gasteiger partial charge in [-0.3, -0.25) is 9.59 Å². The second kappa shape index (κ2) is 8.61. The van der Waals surface area contributed by atoms with Crippen molar-refractivity contribution in [1.29, 1.82) is 0 Å². The molecule has 0 saturated heterocycles. The van der Waals surface area contributed by atoms with Gasteiger partial charge in [0.2, 0.25) is 11.8 Å². The van der Waals surface area contributed by atoms with E-state index < -0.39 is 5.97 Å². The minimum atomic E-state index is -1.11. The molecule has 0 fully saturated rings. The Kier molecular flexibility index (Phi) is 7.78. The number of carbonyl (C=O) groups is 3. The molecule has 2 amide bonds. The smallest absolute Gasteiger partial charge is 0.338 e. The van der Waals surface area contributed by atoms with Crippen LogP contribution in [0.25, 0.3) is 0 Å². The van der Waals surface area contributed by atoms with E-state index in [4.69, 9.17) is 0 Å². The second-order valence-electron chi connectivity index (χ2n) is 4.18. The standard InChI is InChI=1S/C13H13I3N2O4/c1-3-5(19)17-11-8(14)7(13(21)22)9(15)12(10(11)16)18-6(20)4-2/h3-4H2,1-2H3,(H,17,19)(H,18,20)(H,21,22). The molecule has 1 aromatic rings. The first kappa shape index (κ1) is 19.9. The molecular formula is C13H13I3N2O4. The highest BCUT2D eigenvalue weighted by Gasteiger charge is 2.25. The van der Waals surface area contributed by atoms with Gasteiger partial charge < -0.3 is 15.7 Å². The average Bonchev–Trinajstić information content (AvgIpc) is 2.47. The van der Waals surface area contributed by atoms with Crippen molar-refractivity contribution < 1.29 is 19.5 Å². The molecule has 0 aliphatic rings. The zero-order chi connectivity index (χ0) is 17.0. The van der Waals surface area contributed by atoms with Gasteiger partial charge in [0.15, 0.2) is 0 Å². The molecule has 0 unspecified atom stereocenters. The van der Waals surface area contributed by atoms with Crippen LogP contribution in [0.2, 0.25) is 0 Å². The van der Waals surface area contributed by atoms with Gasteiger partial charge in [-0.15, -0.1) is 0 Å². The van der Waals surface area contributed by atoms with Crippen molar-refractivity contribution in [2.75, 3.05) is 10.6 Å². The molecule has 0 aliphatic heterocycles. The van der Waals surface area contributed by atoms with Crippen LogP contribution in [0.3, 0.4) is 0 Å². The molecule has 120 valence electrons. The summed E-state index contributed by atoms with van der Waals surface area (Å²) in [5, 5.41) is 14.9. The van der Waals surface area contributed by atoms with Gasteiger partial charge in [-0.2, -0.15) is 0 Å². The Balaban J connectivity index is 3.59. The molecule has 0 aliphatic carbocycles. The van der Waals surface area contributed by atoms with Crippen LogP contribution in [0.5, 0.6) is 0 Å². The van der Waals surface area contributed by atoms with Crippen molar-refractivity contribution in [3.05, 3.63) is 16.3 Å². The number of hydrogen-bond acceptors (Lipinski definition) is 3. The molecule has 0 aromatic heterocycles. The molecule has 0 radical (unpaired) electrons. The number of anilines is 2. The molecule has 3 N–H and O–H groups in total. The first-order chi connectivity index (χ1) is 10.2. The highest BCUT2D eigenvalue weighted by atomic mass is 127. The monoisotopic (exact) mass is 642 g/mol. The summed E-state index contributed by atoms with van der Waals surface area (Å²) in [6, 6.07) is 0. The molecule has 9 heteroatoms. The Labute approximate surface area is 168 Å². The number of halogens is 3. The van der Waals surface area contributed by atoms with Crippen molar-refractivity contribution in [1.82, 2.24) is 0 Å². The van der Waals surface area contributed by atoms with Gasteiger partial charge in [-0.1, -0.05) is 13.8 Å². The Morgan fingerprint density at radius 3 is 1.50 bits per heavy atom. The van der Waals surface area contributed by atoms with E-state index in [2.05, 4.69) is 10.6 Å². The predicted octanol–water partition coefficient (Wildman–Crippen LogP) is 3.90. The number of benzene rings is 1. The van der Waals surface area contributed by atoms with Crippen LogP contribution in [0.1, 0.15) is 37.0 Å². The van der Waals surface area contributed by atoms with Crippen LogP contribution in [0, 0.1) is 10.7 Å². The van der Waals surface area contributed by atoms with Gasteiger partial charge in [-0.05, 0) is 67.8 Å². The van der Waals surface area contributed by atoms with Crippen LogP contribution >= 0.6 is 67.8 Å². The largest absolute Gasteiger partial charge is 0.478 e. The lowest BCUT2D eigenvalue weighted by Gasteiger charge is -2.18. The Bertz CT molecular complexity index is 602. The fraction of sp³-hybridized carbons (Fsp3) is 0.308.